The molecule has 0 aliphatic carbocycles. The van der Waals surface area contributed by atoms with Crippen LogP contribution in [-0.2, 0) is 14.8 Å². The van der Waals surface area contributed by atoms with E-state index in [1.165, 1.54) is 38.3 Å². The van der Waals surface area contributed by atoms with Gasteiger partial charge in [-0.05, 0) is 67.1 Å². The van der Waals surface area contributed by atoms with E-state index in [4.69, 9.17) is 4.74 Å². The second-order valence-electron chi connectivity index (χ2n) is 7.05. The fourth-order valence-electron chi connectivity index (χ4n) is 2.93. The van der Waals surface area contributed by atoms with Crippen molar-refractivity contribution in [2.75, 3.05) is 22.5 Å². The predicted octanol–water partition coefficient (Wildman–Crippen LogP) is 4.02. The lowest BCUT2D eigenvalue weighted by Crippen LogP contribution is -2.17. The van der Waals surface area contributed by atoms with Crippen LogP contribution >= 0.6 is 0 Å². The van der Waals surface area contributed by atoms with Gasteiger partial charge in [-0.1, -0.05) is 12.1 Å². The highest BCUT2D eigenvalue weighted by Gasteiger charge is 2.17. The summed E-state index contributed by atoms with van der Waals surface area (Å²) in [6.07, 6.45) is 0. The topological polar surface area (TPSA) is 114 Å². The van der Waals surface area contributed by atoms with Crippen LogP contribution in [0.5, 0.6) is 5.75 Å². The van der Waals surface area contributed by atoms with Crippen LogP contribution in [0, 0.1) is 6.92 Å². The molecule has 0 aliphatic heterocycles. The molecule has 166 valence electrons. The van der Waals surface area contributed by atoms with Crippen LogP contribution in [-0.4, -0.2) is 27.3 Å². The molecule has 2 amide bonds. The largest absolute Gasteiger partial charge is 0.497 e. The number of hydrogen-bond donors (Lipinski definition) is 3. The molecule has 32 heavy (non-hydrogen) atoms. The molecule has 0 radical (unpaired) electrons. The first kappa shape index (κ1) is 22.8. The Balaban J connectivity index is 1.83. The van der Waals surface area contributed by atoms with Gasteiger partial charge in [-0.3, -0.25) is 14.3 Å². The van der Waals surface area contributed by atoms with Crippen molar-refractivity contribution in [1.82, 2.24) is 0 Å². The Bertz CT molecular complexity index is 1250. The molecule has 3 rings (SSSR count). The molecule has 0 saturated heterocycles. The minimum Gasteiger partial charge on any atom is -0.497 e. The maximum Gasteiger partial charge on any atom is 0.261 e. The van der Waals surface area contributed by atoms with E-state index in [9.17, 15) is 18.0 Å². The number of carbonyl (C=O) groups excluding carboxylic acids is 2. The number of aryl methyl sites for hydroxylation is 1. The Morgan fingerprint density at radius 1 is 0.875 bits per heavy atom. The highest BCUT2D eigenvalue weighted by atomic mass is 32.2. The van der Waals surface area contributed by atoms with E-state index >= 15 is 0 Å². The number of ether oxygens (including phenoxy) is 1. The Kier molecular flexibility index (Phi) is 6.79. The summed E-state index contributed by atoms with van der Waals surface area (Å²) in [5, 5.41) is 5.39. The molecule has 0 fully saturated rings. The average molecular weight is 454 g/mol. The van der Waals surface area contributed by atoms with Gasteiger partial charge in [0.25, 0.3) is 15.9 Å². The van der Waals surface area contributed by atoms with Gasteiger partial charge in [-0.2, -0.15) is 0 Å². The maximum atomic E-state index is 12.8. The van der Waals surface area contributed by atoms with Crippen LogP contribution in [0.4, 0.5) is 17.1 Å². The van der Waals surface area contributed by atoms with Gasteiger partial charge < -0.3 is 15.4 Å². The smallest absolute Gasteiger partial charge is 0.261 e. The van der Waals surface area contributed by atoms with Gasteiger partial charge in [0.2, 0.25) is 5.91 Å². The first-order valence-electron chi connectivity index (χ1n) is 9.64. The molecule has 0 saturated carbocycles. The third-order valence-electron chi connectivity index (χ3n) is 4.48. The Labute approximate surface area is 186 Å². The van der Waals surface area contributed by atoms with Crippen molar-refractivity contribution >= 4 is 38.9 Å². The molecule has 0 atom stereocenters. The van der Waals surface area contributed by atoms with Crippen LogP contribution in [0.25, 0.3) is 0 Å². The zero-order valence-corrected chi connectivity index (χ0v) is 18.6. The molecule has 0 aromatic heterocycles. The molecule has 0 bridgehead atoms. The third kappa shape index (κ3) is 5.64. The van der Waals surface area contributed by atoms with E-state index in [1.54, 1.807) is 42.5 Å². The first-order chi connectivity index (χ1) is 15.2. The number of methoxy groups -OCH3 is 1. The number of nitrogens with one attached hydrogen (secondary N) is 3. The van der Waals surface area contributed by atoms with Gasteiger partial charge in [0, 0.05) is 18.2 Å². The number of hydrogen-bond acceptors (Lipinski definition) is 5. The van der Waals surface area contributed by atoms with Gasteiger partial charge in [0.15, 0.2) is 0 Å². The monoisotopic (exact) mass is 453 g/mol. The van der Waals surface area contributed by atoms with Crippen molar-refractivity contribution in [3.05, 3.63) is 77.9 Å². The van der Waals surface area contributed by atoms with E-state index in [-0.39, 0.29) is 16.4 Å². The van der Waals surface area contributed by atoms with Crippen molar-refractivity contribution < 1.29 is 22.7 Å². The van der Waals surface area contributed by atoms with E-state index in [1.807, 2.05) is 6.92 Å². The quantitative estimate of drug-likeness (QED) is 0.500. The minimum absolute atomic E-state index is 0.0627. The first-order valence-corrected chi connectivity index (χ1v) is 11.1. The molecular weight excluding hydrogens is 430 g/mol. The summed E-state index contributed by atoms with van der Waals surface area (Å²) in [5.41, 5.74) is 2.25. The second-order valence-corrected chi connectivity index (χ2v) is 8.73. The van der Waals surface area contributed by atoms with E-state index in [0.717, 1.165) is 5.56 Å². The summed E-state index contributed by atoms with van der Waals surface area (Å²) in [6.45, 7) is 3.22. The summed E-state index contributed by atoms with van der Waals surface area (Å²) in [5.74, 6) is -0.188. The lowest BCUT2D eigenvalue weighted by atomic mass is 10.1. The summed E-state index contributed by atoms with van der Waals surface area (Å²) < 4.78 is 33.1. The Morgan fingerprint density at radius 3 is 2.25 bits per heavy atom. The number of anilines is 3. The van der Waals surface area contributed by atoms with Crippen molar-refractivity contribution in [3.8, 4) is 5.75 Å². The van der Waals surface area contributed by atoms with Crippen LogP contribution in [0.1, 0.15) is 22.8 Å². The normalized spacial score (nSPS) is 10.8. The fourth-order valence-corrected chi connectivity index (χ4v) is 4.04. The summed E-state index contributed by atoms with van der Waals surface area (Å²) in [6, 6.07) is 17.3. The molecule has 8 nitrogen and oxygen atoms in total. The van der Waals surface area contributed by atoms with Gasteiger partial charge >= 0.3 is 0 Å². The molecular formula is C23H23N3O5S. The van der Waals surface area contributed by atoms with Crippen LogP contribution in [0.3, 0.4) is 0 Å². The molecule has 3 aromatic rings. The van der Waals surface area contributed by atoms with Crippen molar-refractivity contribution in [2.24, 2.45) is 0 Å². The SMILES string of the molecule is COc1ccc(NS(=O)(=O)c2cccc(C(=O)Nc3cc(C)ccc3NC(C)=O)c2)cc1. The van der Waals surface area contributed by atoms with Crippen LogP contribution < -0.4 is 20.1 Å². The zero-order valence-electron chi connectivity index (χ0n) is 17.8. The van der Waals surface area contributed by atoms with Crippen molar-refractivity contribution in [1.29, 1.82) is 0 Å². The molecule has 3 N–H and O–H groups in total. The average Bonchev–Trinajstić information content (AvgIpc) is 2.76. The standard InChI is InChI=1S/C23H23N3O5S/c1-15-7-12-21(24-16(2)27)22(13-15)25-23(28)17-5-4-6-20(14-17)32(29,30)26-18-8-10-19(31-3)11-9-18/h4-14,26H,1-3H3,(H,24,27)(H,25,28). The summed E-state index contributed by atoms with van der Waals surface area (Å²) >= 11 is 0. The van der Waals surface area contributed by atoms with E-state index in [2.05, 4.69) is 15.4 Å². The summed E-state index contributed by atoms with van der Waals surface area (Å²) in [4.78, 5) is 24.2. The lowest BCUT2D eigenvalue weighted by Gasteiger charge is -2.13. The van der Waals surface area contributed by atoms with Crippen molar-refractivity contribution in [2.45, 2.75) is 18.7 Å². The second kappa shape index (κ2) is 9.52. The summed E-state index contributed by atoms with van der Waals surface area (Å²) in [7, 11) is -2.40. The highest BCUT2D eigenvalue weighted by Crippen LogP contribution is 2.25. The van der Waals surface area contributed by atoms with E-state index < -0.39 is 15.9 Å². The number of sulfonamides is 1. The minimum atomic E-state index is -3.92. The molecule has 0 spiro atoms. The number of carbonyl (C=O) groups is 2. The lowest BCUT2D eigenvalue weighted by molar-refractivity contribution is -0.114. The van der Waals surface area contributed by atoms with Crippen LogP contribution in [0.2, 0.25) is 0 Å². The number of rotatable bonds is 7. The van der Waals surface area contributed by atoms with Gasteiger partial charge in [0.1, 0.15) is 5.75 Å². The molecule has 0 heterocycles. The number of amides is 2. The predicted molar refractivity (Wildman–Crippen MR) is 124 cm³/mol. The van der Waals surface area contributed by atoms with Gasteiger partial charge in [-0.15, -0.1) is 0 Å². The number of benzene rings is 3. The van der Waals surface area contributed by atoms with E-state index in [0.29, 0.717) is 22.8 Å². The molecule has 3 aromatic carbocycles. The fraction of sp³-hybridized carbons (Fsp3) is 0.130. The Morgan fingerprint density at radius 2 is 1.59 bits per heavy atom. The van der Waals surface area contributed by atoms with Crippen molar-refractivity contribution in [3.63, 3.8) is 0 Å². The van der Waals surface area contributed by atoms with Gasteiger partial charge in [0.05, 0.1) is 23.4 Å². The highest BCUT2D eigenvalue weighted by molar-refractivity contribution is 7.92. The molecule has 0 aliphatic rings. The van der Waals surface area contributed by atoms with Gasteiger partial charge in [-0.25, -0.2) is 8.42 Å². The van der Waals surface area contributed by atoms with Crippen LogP contribution in [0.15, 0.2) is 71.6 Å². The molecule has 9 heteroatoms. The molecule has 0 unspecified atom stereocenters. The zero-order chi connectivity index (χ0) is 23.3. The maximum absolute atomic E-state index is 12.8. The third-order valence-corrected chi connectivity index (χ3v) is 5.86. The Hall–Kier alpha value is -3.85.